The summed E-state index contributed by atoms with van der Waals surface area (Å²) in [5, 5.41) is 5.14. The van der Waals surface area contributed by atoms with Crippen LogP contribution in [0.25, 0.3) is 5.69 Å². The van der Waals surface area contributed by atoms with E-state index in [4.69, 9.17) is 9.84 Å². The SMILES string of the molecule is CCCCOc1c(SCCCC)c(N(CCCC)CCCC)nn1-c1ccccc1. The van der Waals surface area contributed by atoms with Gasteiger partial charge in [0.1, 0.15) is 4.90 Å². The van der Waals surface area contributed by atoms with Crippen molar-refractivity contribution in [1.29, 1.82) is 0 Å². The molecular weight excluding hydrogens is 390 g/mol. The van der Waals surface area contributed by atoms with Gasteiger partial charge >= 0.3 is 0 Å². The molecule has 168 valence electrons. The Morgan fingerprint density at radius 1 is 0.867 bits per heavy atom. The predicted octanol–water partition coefficient (Wildman–Crippen LogP) is 7.35. The van der Waals surface area contributed by atoms with Crippen LogP contribution >= 0.6 is 11.8 Å². The van der Waals surface area contributed by atoms with E-state index >= 15 is 0 Å². The summed E-state index contributed by atoms with van der Waals surface area (Å²) in [4.78, 5) is 3.71. The summed E-state index contributed by atoms with van der Waals surface area (Å²) in [5.74, 6) is 3.13. The minimum Gasteiger partial charge on any atom is -0.477 e. The summed E-state index contributed by atoms with van der Waals surface area (Å²) in [7, 11) is 0. The van der Waals surface area contributed by atoms with Gasteiger partial charge in [-0.2, -0.15) is 4.68 Å². The summed E-state index contributed by atoms with van der Waals surface area (Å²) in [6.45, 7) is 11.8. The van der Waals surface area contributed by atoms with Crippen molar-refractivity contribution in [2.24, 2.45) is 0 Å². The molecular formula is C25H41N3OS. The number of nitrogens with zero attached hydrogens (tertiary/aromatic N) is 3. The number of para-hydroxylation sites is 1. The lowest BCUT2D eigenvalue weighted by atomic mass is 10.2. The lowest BCUT2D eigenvalue weighted by molar-refractivity contribution is 0.283. The van der Waals surface area contributed by atoms with Crippen LogP contribution in [0.1, 0.15) is 79.1 Å². The molecule has 0 bridgehead atoms. The van der Waals surface area contributed by atoms with Crippen molar-refractivity contribution in [1.82, 2.24) is 9.78 Å². The first-order valence-electron chi connectivity index (χ1n) is 12.0. The average Bonchev–Trinajstić information content (AvgIpc) is 3.13. The molecule has 0 aliphatic rings. The van der Waals surface area contributed by atoms with Crippen LogP contribution in [-0.2, 0) is 0 Å². The minimum absolute atomic E-state index is 0.736. The van der Waals surface area contributed by atoms with Gasteiger partial charge in [0.05, 0.1) is 12.3 Å². The van der Waals surface area contributed by atoms with Crippen molar-refractivity contribution in [3.05, 3.63) is 30.3 Å². The molecule has 0 unspecified atom stereocenters. The summed E-state index contributed by atoms with van der Waals surface area (Å²) < 4.78 is 8.42. The van der Waals surface area contributed by atoms with E-state index in [1.807, 2.05) is 16.4 Å². The Morgan fingerprint density at radius 2 is 1.50 bits per heavy atom. The van der Waals surface area contributed by atoms with Crippen LogP contribution in [0.3, 0.4) is 0 Å². The number of rotatable bonds is 16. The highest BCUT2D eigenvalue weighted by atomic mass is 32.2. The van der Waals surface area contributed by atoms with Gasteiger partial charge in [0.2, 0.25) is 5.88 Å². The lowest BCUT2D eigenvalue weighted by Gasteiger charge is -2.23. The fourth-order valence-electron chi connectivity index (χ4n) is 3.23. The molecule has 0 atom stereocenters. The normalized spacial score (nSPS) is 11.1. The van der Waals surface area contributed by atoms with Gasteiger partial charge in [-0.15, -0.1) is 16.9 Å². The van der Waals surface area contributed by atoms with Crippen LogP contribution in [-0.4, -0.2) is 35.2 Å². The highest BCUT2D eigenvalue weighted by Crippen LogP contribution is 2.40. The number of anilines is 1. The zero-order chi connectivity index (χ0) is 21.6. The van der Waals surface area contributed by atoms with E-state index in [0.29, 0.717) is 0 Å². The van der Waals surface area contributed by atoms with Gasteiger partial charge in [-0.05, 0) is 43.6 Å². The maximum atomic E-state index is 6.39. The second-order valence-electron chi connectivity index (χ2n) is 7.80. The van der Waals surface area contributed by atoms with Gasteiger partial charge in [0.25, 0.3) is 0 Å². The molecule has 5 heteroatoms. The molecule has 0 aliphatic carbocycles. The van der Waals surface area contributed by atoms with Gasteiger partial charge < -0.3 is 9.64 Å². The van der Waals surface area contributed by atoms with E-state index in [1.165, 1.54) is 43.4 Å². The Morgan fingerprint density at radius 3 is 2.10 bits per heavy atom. The number of hydrogen-bond acceptors (Lipinski definition) is 4. The third-order valence-electron chi connectivity index (χ3n) is 5.13. The summed E-state index contributed by atoms with van der Waals surface area (Å²) in [5.41, 5.74) is 1.07. The van der Waals surface area contributed by atoms with Crippen molar-refractivity contribution in [3.8, 4) is 11.6 Å². The molecule has 0 saturated heterocycles. The van der Waals surface area contributed by atoms with Crippen LogP contribution in [0.15, 0.2) is 35.2 Å². The Balaban J connectivity index is 2.49. The van der Waals surface area contributed by atoms with Crippen molar-refractivity contribution < 1.29 is 4.74 Å². The quantitative estimate of drug-likeness (QED) is 0.205. The van der Waals surface area contributed by atoms with Crippen LogP contribution in [0.2, 0.25) is 0 Å². The maximum Gasteiger partial charge on any atom is 0.233 e. The van der Waals surface area contributed by atoms with Gasteiger partial charge in [-0.25, -0.2) is 0 Å². The van der Waals surface area contributed by atoms with E-state index in [1.54, 1.807) is 0 Å². The van der Waals surface area contributed by atoms with Gasteiger partial charge in [-0.3, -0.25) is 0 Å². The standard InChI is InChI=1S/C25H41N3OS/c1-5-9-18-27(19-10-6-2)24-23(30-21-12-8-4)25(29-20-11-7-3)28(26-24)22-16-14-13-15-17-22/h13-17H,5-12,18-21H2,1-4H3. The van der Waals surface area contributed by atoms with E-state index in [2.05, 4.69) is 62.9 Å². The van der Waals surface area contributed by atoms with Crippen molar-refractivity contribution in [2.75, 3.05) is 30.3 Å². The largest absolute Gasteiger partial charge is 0.477 e. The highest BCUT2D eigenvalue weighted by molar-refractivity contribution is 7.99. The van der Waals surface area contributed by atoms with Crippen molar-refractivity contribution in [3.63, 3.8) is 0 Å². The van der Waals surface area contributed by atoms with Crippen molar-refractivity contribution in [2.45, 2.75) is 84.0 Å². The molecule has 0 spiro atoms. The summed E-state index contributed by atoms with van der Waals surface area (Å²) in [6, 6.07) is 10.4. The smallest absolute Gasteiger partial charge is 0.233 e. The van der Waals surface area contributed by atoms with E-state index in [9.17, 15) is 0 Å². The maximum absolute atomic E-state index is 6.39. The second kappa shape index (κ2) is 14.4. The molecule has 0 radical (unpaired) electrons. The first kappa shape index (κ1) is 24.6. The molecule has 2 aromatic rings. The van der Waals surface area contributed by atoms with Crippen LogP contribution in [0.4, 0.5) is 5.82 Å². The predicted molar refractivity (Wildman–Crippen MR) is 132 cm³/mol. The first-order chi connectivity index (χ1) is 14.8. The third kappa shape index (κ3) is 7.26. The number of thioether (sulfide) groups is 1. The Bertz CT molecular complexity index is 694. The number of hydrogen-bond donors (Lipinski definition) is 0. The lowest BCUT2D eigenvalue weighted by Crippen LogP contribution is -2.26. The molecule has 0 fully saturated rings. The number of ether oxygens (including phenoxy) is 1. The molecule has 0 amide bonds. The number of aromatic nitrogens is 2. The molecule has 1 aromatic carbocycles. The monoisotopic (exact) mass is 431 g/mol. The zero-order valence-electron chi connectivity index (χ0n) is 19.5. The summed E-state index contributed by atoms with van der Waals surface area (Å²) in [6.07, 6.45) is 9.36. The molecule has 1 heterocycles. The summed E-state index contributed by atoms with van der Waals surface area (Å²) >= 11 is 1.92. The number of benzene rings is 1. The molecule has 1 aromatic heterocycles. The molecule has 0 saturated carbocycles. The first-order valence-corrected chi connectivity index (χ1v) is 12.9. The Hall–Kier alpha value is -1.62. The van der Waals surface area contributed by atoms with Crippen LogP contribution < -0.4 is 9.64 Å². The fourth-order valence-corrected chi connectivity index (χ4v) is 4.44. The Labute approximate surface area is 188 Å². The van der Waals surface area contributed by atoms with Crippen molar-refractivity contribution >= 4 is 17.6 Å². The van der Waals surface area contributed by atoms with E-state index in [0.717, 1.165) is 55.7 Å². The van der Waals surface area contributed by atoms with Gasteiger partial charge in [0.15, 0.2) is 5.82 Å². The number of unbranched alkanes of at least 4 members (excludes halogenated alkanes) is 4. The topological polar surface area (TPSA) is 30.3 Å². The second-order valence-corrected chi connectivity index (χ2v) is 8.91. The van der Waals surface area contributed by atoms with E-state index < -0.39 is 0 Å². The molecule has 0 aliphatic heterocycles. The van der Waals surface area contributed by atoms with Crippen LogP contribution in [0, 0.1) is 0 Å². The molecule has 4 nitrogen and oxygen atoms in total. The minimum atomic E-state index is 0.736. The zero-order valence-corrected chi connectivity index (χ0v) is 20.3. The third-order valence-corrected chi connectivity index (χ3v) is 6.27. The van der Waals surface area contributed by atoms with Gasteiger partial charge in [0, 0.05) is 13.1 Å². The molecule has 0 N–H and O–H groups in total. The van der Waals surface area contributed by atoms with Crippen LogP contribution in [0.5, 0.6) is 5.88 Å². The fraction of sp³-hybridized carbons (Fsp3) is 0.640. The average molecular weight is 432 g/mol. The Kier molecular flexibility index (Phi) is 11.8. The molecule has 2 rings (SSSR count). The van der Waals surface area contributed by atoms with Gasteiger partial charge in [-0.1, -0.05) is 71.6 Å². The highest BCUT2D eigenvalue weighted by Gasteiger charge is 2.24. The van der Waals surface area contributed by atoms with E-state index in [-0.39, 0.29) is 0 Å². The molecule has 30 heavy (non-hydrogen) atoms.